The summed E-state index contributed by atoms with van der Waals surface area (Å²) >= 11 is 0. The predicted octanol–water partition coefficient (Wildman–Crippen LogP) is 3.73. The minimum Gasteiger partial charge on any atom is -0.457 e. The van der Waals surface area contributed by atoms with Crippen LogP contribution in [0.25, 0.3) is 22.0 Å². The molecule has 0 amide bonds. The molecule has 2 aromatic heterocycles. The number of aromatic amines is 1. The van der Waals surface area contributed by atoms with Crippen molar-refractivity contribution in [2.75, 3.05) is 0 Å². The third-order valence-electron chi connectivity index (χ3n) is 4.69. The van der Waals surface area contributed by atoms with Gasteiger partial charge in [-0.15, -0.1) is 0 Å². The van der Waals surface area contributed by atoms with E-state index in [0.29, 0.717) is 33.5 Å². The number of ether oxygens (including phenoxy) is 1. The highest BCUT2D eigenvalue weighted by Gasteiger charge is 2.18. The van der Waals surface area contributed by atoms with E-state index in [1.807, 2.05) is 0 Å². The third-order valence-corrected chi connectivity index (χ3v) is 4.69. The number of aryl methyl sites for hydroxylation is 1. The monoisotopic (exact) mass is 391 g/mol. The number of rotatable bonds is 5. The average molecular weight is 391 g/mol. The third kappa shape index (κ3) is 3.37. The number of non-ortho nitro benzene ring substituents is 1. The Morgan fingerprint density at radius 3 is 2.59 bits per heavy atom. The molecule has 8 heteroatoms. The number of aromatic nitrogens is 2. The van der Waals surface area contributed by atoms with E-state index in [-0.39, 0.29) is 17.9 Å². The molecule has 0 aliphatic carbocycles. The smallest absolute Gasteiger partial charge is 0.274 e. The number of nitro groups is 1. The number of nitrogens with zero attached hydrogens (tertiary/aromatic N) is 2. The fraction of sp³-hybridized carbons (Fsp3) is 0.0952. The molecule has 0 atom stereocenters. The number of pyridine rings is 1. The van der Waals surface area contributed by atoms with Gasteiger partial charge >= 0.3 is 0 Å². The first-order valence-corrected chi connectivity index (χ1v) is 8.81. The summed E-state index contributed by atoms with van der Waals surface area (Å²) in [5.74, 6) is 0.931. The molecular formula is C21H17N3O5. The van der Waals surface area contributed by atoms with Gasteiger partial charge in [-0.3, -0.25) is 14.9 Å². The van der Waals surface area contributed by atoms with Gasteiger partial charge in [0.25, 0.3) is 11.2 Å². The van der Waals surface area contributed by atoms with Crippen molar-refractivity contribution in [3.05, 3.63) is 87.0 Å². The van der Waals surface area contributed by atoms with Gasteiger partial charge in [-0.25, -0.2) is 0 Å². The number of aliphatic hydroxyl groups is 1. The maximum Gasteiger partial charge on any atom is 0.274 e. The Hall–Kier alpha value is -3.91. The zero-order valence-corrected chi connectivity index (χ0v) is 15.5. The molecule has 0 bridgehead atoms. The van der Waals surface area contributed by atoms with E-state index >= 15 is 0 Å². The lowest BCUT2D eigenvalue weighted by Gasteiger charge is -2.13. The Morgan fingerprint density at radius 1 is 1.14 bits per heavy atom. The number of hydrogen-bond donors (Lipinski definition) is 2. The van der Waals surface area contributed by atoms with Crippen molar-refractivity contribution in [1.82, 2.24) is 9.55 Å². The fourth-order valence-electron chi connectivity index (χ4n) is 3.20. The van der Waals surface area contributed by atoms with Gasteiger partial charge in [0.2, 0.25) is 0 Å². The summed E-state index contributed by atoms with van der Waals surface area (Å²) in [4.78, 5) is 26.1. The molecule has 4 rings (SSSR count). The van der Waals surface area contributed by atoms with Gasteiger partial charge < -0.3 is 19.4 Å². The molecule has 0 fully saturated rings. The van der Waals surface area contributed by atoms with Crippen molar-refractivity contribution < 1.29 is 14.8 Å². The summed E-state index contributed by atoms with van der Waals surface area (Å²) < 4.78 is 7.42. The summed E-state index contributed by atoms with van der Waals surface area (Å²) in [6, 6.07) is 13.0. The number of nitro benzene ring substituents is 1. The van der Waals surface area contributed by atoms with Gasteiger partial charge in [0.15, 0.2) is 0 Å². The largest absolute Gasteiger partial charge is 0.457 e. The molecule has 4 aromatic rings. The predicted molar refractivity (Wildman–Crippen MR) is 108 cm³/mol. The van der Waals surface area contributed by atoms with Gasteiger partial charge in [-0.2, -0.15) is 0 Å². The van der Waals surface area contributed by atoms with Crippen molar-refractivity contribution >= 4 is 16.6 Å². The summed E-state index contributed by atoms with van der Waals surface area (Å²) in [5.41, 5.74) is 2.00. The van der Waals surface area contributed by atoms with Crippen LogP contribution in [0.2, 0.25) is 0 Å². The van der Waals surface area contributed by atoms with Crippen LogP contribution in [0.15, 0.2) is 65.7 Å². The van der Waals surface area contributed by atoms with Gasteiger partial charge in [-0.1, -0.05) is 12.1 Å². The van der Waals surface area contributed by atoms with Crippen LogP contribution in [-0.2, 0) is 13.7 Å². The van der Waals surface area contributed by atoms with E-state index in [2.05, 4.69) is 4.98 Å². The van der Waals surface area contributed by atoms with Crippen LogP contribution in [0.4, 0.5) is 5.69 Å². The first kappa shape index (κ1) is 18.5. The lowest BCUT2D eigenvalue weighted by atomic mass is 10.0. The second-order valence-corrected chi connectivity index (χ2v) is 6.57. The SMILES string of the molecule is Cn1cc(-c2cc([N+](=O)[O-])ccc2Oc2ccc(CO)cc2)c2cc[nH]c2c1=O. The van der Waals surface area contributed by atoms with E-state index in [0.717, 1.165) is 5.56 Å². The molecule has 2 aromatic carbocycles. The highest BCUT2D eigenvalue weighted by molar-refractivity contribution is 5.96. The maximum atomic E-state index is 12.4. The van der Waals surface area contributed by atoms with Gasteiger partial charge in [0.1, 0.15) is 17.0 Å². The molecule has 146 valence electrons. The van der Waals surface area contributed by atoms with Crippen LogP contribution >= 0.6 is 0 Å². The number of hydrogen-bond acceptors (Lipinski definition) is 5. The van der Waals surface area contributed by atoms with Crippen LogP contribution < -0.4 is 10.3 Å². The van der Waals surface area contributed by atoms with E-state index in [4.69, 9.17) is 4.74 Å². The molecular weight excluding hydrogens is 374 g/mol. The summed E-state index contributed by atoms with van der Waals surface area (Å²) in [6.45, 7) is -0.0768. The lowest BCUT2D eigenvalue weighted by molar-refractivity contribution is -0.384. The molecule has 0 spiro atoms. The van der Waals surface area contributed by atoms with Crippen molar-refractivity contribution in [3.8, 4) is 22.6 Å². The van der Waals surface area contributed by atoms with Crippen LogP contribution in [0.5, 0.6) is 11.5 Å². The Bertz CT molecular complexity index is 1270. The minimum atomic E-state index is -0.473. The van der Waals surface area contributed by atoms with Crippen LogP contribution in [0, 0.1) is 10.1 Å². The standard InChI is InChI=1S/C21H17N3O5/c1-23-11-18(16-8-9-22-20(16)21(23)26)17-10-14(24(27)28)4-7-19(17)29-15-5-2-13(12-25)3-6-15/h2-11,22,25H,12H2,1H3. The van der Waals surface area contributed by atoms with Gasteiger partial charge in [0, 0.05) is 48.1 Å². The molecule has 29 heavy (non-hydrogen) atoms. The molecule has 8 nitrogen and oxygen atoms in total. The first-order chi connectivity index (χ1) is 14.0. The molecule has 0 unspecified atom stereocenters. The molecule has 0 radical (unpaired) electrons. The minimum absolute atomic E-state index is 0.0768. The van der Waals surface area contributed by atoms with E-state index in [1.54, 1.807) is 49.8 Å². The fourth-order valence-corrected chi connectivity index (χ4v) is 3.20. The normalized spacial score (nSPS) is 11.0. The summed E-state index contributed by atoms with van der Waals surface area (Å²) in [5, 5.41) is 21.2. The number of H-pyrrole nitrogens is 1. The van der Waals surface area contributed by atoms with Crippen molar-refractivity contribution in [1.29, 1.82) is 0 Å². The van der Waals surface area contributed by atoms with Gasteiger partial charge in [-0.05, 0) is 29.8 Å². The molecule has 0 saturated heterocycles. The quantitative estimate of drug-likeness (QED) is 0.398. The van der Waals surface area contributed by atoms with E-state index in [9.17, 15) is 20.0 Å². The molecule has 0 saturated carbocycles. The zero-order chi connectivity index (χ0) is 20.5. The molecule has 0 aliphatic heterocycles. The maximum absolute atomic E-state index is 12.4. The Kier molecular flexibility index (Phi) is 4.61. The average Bonchev–Trinajstić information content (AvgIpc) is 3.22. The molecule has 2 N–H and O–H groups in total. The van der Waals surface area contributed by atoms with Crippen molar-refractivity contribution in [3.63, 3.8) is 0 Å². The summed E-state index contributed by atoms with van der Waals surface area (Å²) in [7, 11) is 1.62. The lowest BCUT2D eigenvalue weighted by Crippen LogP contribution is -2.16. The Labute approximate surface area is 164 Å². The van der Waals surface area contributed by atoms with Crippen molar-refractivity contribution in [2.24, 2.45) is 7.05 Å². The Balaban J connectivity index is 1.90. The van der Waals surface area contributed by atoms with Crippen LogP contribution in [0.1, 0.15) is 5.56 Å². The van der Waals surface area contributed by atoms with Crippen LogP contribution in [0.3, 0.4) is 0 Å². The second-order valence-electron chi connectivity index (χ2n) is 6.57. The van der Waals surface area contributed by atoms with E-state index < -0.39 is 4.92 Å². The Morgan fingerprint density at radius 2 is 1.90 bits per heavy atom. The molecule has 2 heterocycles. The first-order valence-electron chi connectivity index (χ1n) is 8.81. The van der Waals surface area contributed by atoms with Gasteiger partial charge in [0.05, 0.1) is 11.5 Å². The van der Waals surface area contributed by atoms with Crippen LogP contribution in [-0.4, -0.2) is 19.6 Å². The number of nitrogens with one attached hydrogen (secondary N) is 1. The summed E-state index contributed by atoms with van der Waals surface area (Å²) in [6.07, 6.45) is 3.29. The topological polar surface area (TPSA) is 110 Å². The van der Waals surface area contributed by atoms with Crippen molar-refractivity contribution in [2.45, 2.75) is 6.61 Å². The zero-order valence-electron chi connectivity index (χ0n) is 15.5. The number of fused-ring (bicyclic) bond motifs is 1. The second kappa shape index (κ2) is 7.25. The number of benzene rings is 2. The number of aliphatic hydroxyl groups excluding tert-OH is 1. The highest BCUT2D eigenvalue weighted by atomic mass is 16.6. The van der Waals surface area contributed by atoms with E-state index in [1.165, 1.54) is 22.8 Å². The molecule has 0 aliphatic rings. The highest BCUT2D eigenvalue weighted by Crippen LogP contribution is 2.38.